The van der Waals surface area contributed by atoms with Crippen LogP contribution in [0, 0.1) is 5.92 Å². The topological polar surface area (TPSA) is 111 Å². The predicted molar refractivity (Wildman–Crippen MR) is 117 cm³/mol. The number of imide groups is 1. The maximum Gasteiger partial charge on any atom is 0.329 e. The number of amides is 3. The Morgan fingerprint density at radius 3 is 2.27 bits per heavy atom. The summed E-state index contributed by atoms with van der Waals surface area (Å²) in [6.07, 6.45) is 0.216. The van der Waals surface area contributed by atoms with Crippen LogP contribution in [-0.4, -0.2) is 54.5 Å². The smallest absolute Gasteiger partial charge is 0.329 e. The highest BCUT2D eigenvalue weighted by molar-refractivity contribution is 6.22. The van der Waals surface area contributed by atoms with E-state index in [0.29, 0.717) is 30.4 Å². The molecule has 0 saturated heterocycles. The number of carbonyl (C=O) groups is 4. The number of carbonyl (C=O) groups excluding carboxylic acids is 4. The van der Waals surface area contributed by atoms with Crippen molar-refractivity contribution in [2.75, 3.05) is 25.1 Å². The van der Waals surface area contributed by atoms with Gasteiger partial charge < -0.3 is 19.5 Å². The number of benzene rings is 2. The normalized spacial score (nSPS) is 15.3. The Kier molecular flexibility index (Phi) is 6.30. The third-order valence-corrected chi connectivity index (χ3v) is 5.28. The summed E-state index contributed by atoms with van der Waals surface area (Å²) in [6, 6.07) is 10.2. The Bertz CT molecular complexity index is 1080. The Morgan fingerprint density at radius 2 is 1.64 bits per heavy atom. The third kappa shape index (κ3) is 4.67. The lowest BCUT2D eigenvalue weighted by Crippen LogP contribution is -2.46. The van der Waals surface area contributed by atoms with E-state index < -0.39 is 36.3 Å². The molecule has 0 fully saturated rings. The van der Waals surface area contributed by atoms with Gasteiger partial charge >= 0.3 is 5.97 Å². The summed E-state index contributed by atoms with van der Waals surface area (Å²) in [5, 5.41) is 2.63. The van der Waals surface area contributed by atoms with Crippen LogP contribution < -0.4 is 14.8 Å². The Hall–Kier alpha value is -3.88. The van der Waals surface area contributed by atoms with Crippen molar-refractivity contribution in [3.63, 3.8) is 0 Å². The van der Waals surface area contributed by atoms with Gasteiger partial charge in [-0.3, -0.25) is 19.3 Å². The predicted octanol–water partition coefficient (Wildman–Crippen LogP) is 2.65. The molecule has 0 radical (unpaired) electrons. The summed E-state index contributed by atoms with van der Waals surface area (Å²) in [5.74, 6) is -1.36. The van der Waals surface area contributed by atoms with Crippen LogP contribution in [0.5, 0.6) is 11.5 Å². The summed E-state index contributed by atoms with van der Waals surface area (Å²) in [4.78, 5) is 51.8. The van der Waals surface area contributed by atoms with Gasteiger partial charge in [-0.1, -0.05) is 26.0 Å². The van der Waals surface area contributed by atoms with Gasteiger partial charge in [0.1, 0.15) is 19.3 Å². The zero-order valence-corrected chi connectivity index (χ0v) is 18.3. The van der Waals surface area contributed by atoms with E-state index in [2.05, 4.69) is 5.32 Å². The van der Waals surface area contributed by atoms with Gasteiger partial charge in [0.15, 0.2) is 18.1 Å². The largest absolute Gasteiger partial charge is 0.486 e. The average Bonchev–Trinajstić information content (AvgIpc) is 3.06. The minimum atomic E-state index is -1.13. The number of anilines is 1. The quantitative estimate of drug-likeness (QED) is 0.508. The van der Waals surface area contributed by atoms with E-state index in [1.54, 1.807) is 42.5 Å². The van der Waals surface area contributed by atoms with Gasteiger partial charge in [-0.25, -0.2) is 4.79 Å². The highest BCUT2D eigenvalue weighted by Crippen LogP contribution is 2.32. The lowest BCUT2D eigenvalue weighted by Gasteiger charge is -2.25. The molecule has 2 aromatic carbocycles. The fourth-order valence-electron chi connectivity index (χ4n) is 3.80. The highest BCUT2D eigenvalue weighted by Gasteiger charge is 2.43. The maximum absolute atomic E-state index is 12.9. The van der Waals surface area contributed by atoms with Crippen molar-refractivity contribution >= 4 is 29.4 Å². The molecule has 0 aromatic heterocycles. The molecule has 2 heterocycles. The van der Waals surface area contributed by atoms with Crippen LogP contribution in [0.2, 0.25) is 0 Å². The van der Waals surface area contributed by atoms with Gasteiger partial charge in [0, 0.05) is 11.8 Å². The molecule has 2 aliphatic rings. The number of nitrogens with one attached hydrogen (secondary N) is 1. The first-order valence-electron chi connectivity index (χ1n) is 10.7. The van der Waals surface area contributed by atoms with E-state index >= 15 is 0 Å². The van der Waals surface area contributed by atoms with Crippen molar-refractivity contribution in [2.24, 2.45) is 5.92 Å². The van der Waals surface area contributed by atoms with Crippen LogP contribution in [-0.2, 0) is 14.3 Å². The van der Waals surface area contributed by atoms with Crippen molar-refractivity contribution in [3.8, 4) is 11.5 Å². The zero-order chi connectivity index (χ0) is 23.5. The average molecular weight is 452 g/mol. The van der Waals surface area contributed by atoms with E-state index in [9.17, 15) is 19.2 Å². The van der Waals surface area contributed by atoms with Crippen molar-refractivity contribution in [1.82, 2.24) is 4.90 Å². The molecule has 4 rings (SSSR count). The molecule has 0 aliphatic carbocycles. The third-order valence-electron chi connectivity index (χ3n) is 5.28. The van der Waals surface area contributed by atoms with Crippen LogP contribution in [0.1, 0.15) is 41.0 Å². The first-order chi connectivity index (χ1) is 15.8. The standard InChI is InChI=1S/C24H24N2O7/c1-14(2)11-18(26-22(28)16-5-3-4-6-17(16)23(26)29)24(30)33-13-21(27)25-15-7-8-19-20(12-15)32-10-9-31-19/h3-8,12,14,18H,9-11,13H2,1-2H3,(H,25,27). The number of rotatable bonds is 7. The van der Waals surface area contributed by atoms with Gasteiger partial charge in [0.05, 0.1) is 11.1 Å². The van der Waals surface area contributed by atoms with Crippen molar-refractivity contribution in [2.45, 2.75) is 26.3 Å². The van der Waals surface area contributed by atoms with Crippen molar-refractivity contribution in [3.05, 3.63) is 53.6 Å². The SMILES string of the molecule is CC(C)CC(C(=O)OCC(=O)Nc1ccc2c(c1)OCCO2)N1C(=O)c2ccccc2C1=O. The number of hydrogen-bond acceptors (Lipinski definition) is 7. The Balaban J connectivity index is 1.41. The first-order valence-corrected chi connectivity index (χ1v) is 10.7. The minimum absolute atomic E-state index is 0.00148. The van der Waals surface area contributed by atoms with E-state index in [1.807, 2.05) is 13.8 Å². The summed E-state index contributed by atoms with van der Waals surface area (Å²) in [6.45, 7) is 4.04. The van der Waals surface area contributed by atoms with Gasteiger partial charge in [-0.05, 0) is 36.6 Å². The van der Waals surface area contributed by atoms with Crippen LogP contribution in [0.15, 0.2) is 42.5 Å². The second kappa shape index (κ2) is 9.32. The van der Waals surface area contributed by atoms with Crippen LogP contribution in [0.3, 0.4) is 0 Å². The molecule has 0 saturated carbocycles. The first kappa shape index (κ1) is 22.3. The molecule has 0 spiro atoms. The van der Waals surface area contributed by atoms with E-state index in [0.717, 1.165) is 4.90 Å². The molecule has 172 valence electrons. The summed E-state index contributed by atoms with van der Waals surface area (Å²) in [7, 11) is 0. The van der Waals surface area contributed by atoms with Gasteiger partial charge in [0.25, 0.3) is 17.7 Å². The van der Waals surface area contributed by atoms with E-state index in [1.165, 1.54) is 0 Å². The van der Waals surface area contributed by atoms with Gasteiger partial charge in [-0.15, -0.1) is 0 Å². The second-order valence-electron chi connectivity index (χ2n) is 8.19. The zero-order valence-electron chi connectivity index (χ0n) is 18.3. The molecule has 0 bridgehead atoms. The van der Waals surface area contributed by atoms with E-state index in [-0.39, 0.29) is 23.5 Å². The molecule has 33 heavy (non-hydrogen) atoms. The monoisotopic (exact) mass is 452 g/mol. The number of hydrogen-bond donors (Lipinski definition) is 1. The number of fused-ring (bicyclic) bond motifs is 2. The molecular formula is C24H24N2O7. The Labute approximate surface area is 190 Å². The number of nitrogens with zero attached hydrogens (tertiary/aromatic N) is 1. The fraction of sp³-hybridized carbons (Fsp3) is 0.333. The summed E-state index contributed by atoms with van der Waals surface area (Å²) in [5.41, 5.74) is 0.959. The lowest BCUT2D eigenvalue weighted by molar-refractivity contribution is -0.151. The van der Waals surface area contributed by atoms with Crippen LogP contribution >= 0.6 is 0 Å². The van der Waals surface area contributed by atoms with Gasteiger partial charge in [-0.2, -0.15) is 0 Å². The molecule has 9 nitrogen and oxygen atoms in total. The Morgan fingerprint density at radius 1 is 1.00 bits per heavy atom. The summed E-state index contributed by atoms with van der Waals surface area (Å²) >= 11 is 0. The molecular weight excluding hydrogens is 428 g/mol. The summed E-state index contributed by atoms with van der Waals surface area (Å²) < 4.78 is 16.1. The van der Waals surface area contributed by atoms with Crippen molar-refractivity contribution in [1.29, 1.82) is 0 Å². The molecule has 1 unspecified atom stereocenters. The molecule has 9 heteroatoms. The van der Waals surface area contributed by atoms with Crippen LogP contribution in [0.4, 0.5) is 5.69 Å². The highest BCUT2D eigenvalue weighted by atomic mass is 16.6. The number of esters is 1. The molecule has 1 atom stereocenters. The lowest BCUT2D eigenvalue weighted by atomic mass is 10.0. The molecule has 2 aromatic rings. The van der Waals surface area contributed by atoms with E-state index in [4.69, 9.17) is 14.2 Å². The maximum atomic E-state index is 12.9. The molecule has 3 amide bonds. The minimum Gasteiger partial charge on any atom is -0.486 e. The molecule has 1 N–H and O–H groups in total. The number of ether oxygens (including phenoxy) is 3. The molecule has 2 aliphatic heterocycles. The van der Waals surface area contributed by atoms with Crippen molar-refractivity contribution < 1.29 is 33.4 Å². The van der Waals surface area contributed by atoms with Gasteiger partial charge in [0.2, 0.25) is 0 Å². The fourth-order valence-corrected chi connectivity index (χ4v) is 3.80. The second-order valence-corrected chi connectivity index (χ2v) is 8.19. The van der Waals surface area contributed by atoms with Crippen LogP contribution in [0.25, 0.3) is 0 Å².